The Balaban J connectivity index is 5.56. The van der Waals surface area contributed by atoms with Gasteiger partial charge in [-0.3, -0.25) is 4.79 Å². The summed E-state index contributed by atoms with van der Waals surface area (Å²) in [5, 5.41) is 0. The number of halogens is 3. The van der Waals surface area contributed by atoms with Gasteiger partial charge in [-0.1, -0.05) is 68.6 Å². The molecule has 6 nitrogen and oxygen atoms in total. The van der Waals surface area contributed by atoms with E-state index in [2.05, 4.69) is 6.58 Å². The van der Waals surface area contributed by atoms with Gasteiger partial charge in [-0.25, -0.2) is 4.79 Å². The zero-order chi connectivity index (χ0) is 24.2. The highest BCUT2D eigenvalue weighted by Gasteiger charge is 2.44. The van der Waals surface area contributed by atoms with Gasteiger partial charge in [0.15, 0.2) is 6.29 Å². The summed E-state index contributed by atoms with van der Waals surface area (Å²) in [6.07, 6.45) is 1.33. The maximum absolute atomic E-state index is 13.5. The van der Waals surface area contributed by atoms with Crippen molar-refractivity contribution in [3.63, 3.8) is 0 Å². The lowest BCUT2D eigenvalue weighted by Crippen LogP contribution is -2.48. The van der Waals surface area contributed by atoms with E-state index < -0.39 is 40.3 Å². The lowest BCUT2D eigenvalue weighted by molar-refractivity contribution is -0.204. The molecular weight excluding hydrogens is 467 g/mol. The predicted molar refractivity (Wildman–Crippen MR) is 125 cm³/mol. The van der Waals surface area contributed by atoms with Crippen LogP contribution in [0.4, 0.5) is 4.79 Å². The second-order valence-corrected chi connectivity index (χ2v) is 10.7. The molecule has 0 saturated heterocycles. The van der Waals surface area contributed by atoms with E-state index in [1.165, 1.54) is 0 Å². The summed E-state index contributed by atoms with van der Waals surface area (Å²) < 4.78 is 20.3. The van der Waals surface area contributed by atoms with E-state index in [1.807, 2.05) is 20.8 Å². The molecule has 0 amide bonds. The Labute approximate surface area is 201 Å². The Hall–Kier alpha value is -0.530. The number of hydrogen-bond donors (Lipinski definition) is 0. The molecular formula is C22H37Cl3O6. The summed E-state index contributed by atoms with van der Waals surface area (Å²) >= 11 is 16.9. The van der Waals surface area contributed by atoms with Crippen molar-refractivity contribution in [1.82, 2.24) is 0 Å². The quantitative estimate of drug-likeness (QED) is 0.110. The standard InChI is InChI=1S/C22H37Cl3O6/c1-8-11-15(4)17(31-20(27)30-14-22(23,24)25)16(5)18(26)21(6,7)19(28-12-9-2)29-13-10-3/h8,15-17,19H,1,9-14H2,2-7H3/t15-,16+,17-/m0/s1. The monoisotopic (exact) mass is 502 g/mol. The first-order valence-electron chi connectivity index (χ1n) is 10.6. The second-order valence-electron chi connectivity index (χ2n) is 8.19. The zero-order valence-corrected chi connectivity index (χ0v) is 21.7. The van der Waals surface area contributed by atoms with Crippen molar-refractivity contribution in [2.75, 3.05) is 19.8 Å². The van der Waals surface area contributed by atoms with Crippen LogP contribution in [0.2, 0.25) is 0 Å². The number of alkyl halides is 3. The molecule has 3 atom stereocenters. The SMILES string of the molecule is C=CC[C@H](C)[C@H](OC(=O)OCC(Cl)(Cl)Cl)[C@@H](C)C(=O)C(C)(C)C(OCCC)OCCC. The summed E-state index contributed by atoms with van der Waals surface area (Å²) in [4.78, 5) is 25.7. The van der Waals surface area contributed by atoms with Crippen molar-refractivity contribution in [3.05, 3.63) is 12.7 Å². The van der Waals surface area contributed by atoms with Crippen LogP contribution in [0.1, 0.15) is 60.8 Å². The lowest BCUT2D eigenvalue weighted by Gasteiger charge is -2.37. The summed E-state index contributed by atoms with van der Waals surface area (Å²) in [6.45, 7) is 15.3. The normalized spacial score (nSPS) is 15.3. The van der Waals surface area contributed by atoms with Gasteiger partial charge in [0.2, 0.25) is 3.79 Å². The number of allylic oxidation sites excluding steroid dienone is 1. The van der Waals surface area contributed by atoms with E-state index in [-0.39, 0.29) is 11.7 Å². The smallest absolute Gasteiger partial charge is 0.430 e. The van der Waals surface area contributed by atoms with E-state index in [1.54, 1.807) is 26.8 Å². The van der Waals surface area contributed by atoms with Gasteiger partial charge in [-0.05, 0) is 39.0 Å². The van der Waals surface area contributed by atoms with Crippen LogP contribution in [-0.2, 0) is 23.7 Å². The molecule has 0 bridgehead atoms. The third kappa shape index (κ3) is 11.2. The predicted octanol–water partition coefficient (Wildman–Crippen LogP) is 6.50. The number of ether oxygens (including phenoxy) is 4. The Morgan fingerprint density at radius 2 is 1.55 bits per heavy atom. The first-order chi connectivity index (χ1) is 14.3. The van der Waals surface area contributed by atoms with Crippen molar-refractivity contribution in [2.45, 2.75) is 77.0 Å². The highest BCUT2D eigenvalue weighted by Crippen LogP contribution is 2.34. The molecule has 0 aromatic heterocycles. The van der Waals surface area contributed by atoms with Crippen LogP contribution in [0.15, 0.2) is 12.7 Å². The molecule has 31 heavy (non-hydrogen) atoms. The number of hydrogen-bond acceptors (Lipinski definition) is 6. The molecule has 0 N–H and O–H groups in total. The van der Waals surface area contributed by atoms with Crippen molar-refractivity contribution in [3.8, 4) is 0 Å². The third-order valence-electron chi connectivity index (χ3n) is 4.76. The fraction of sp³-hybridized carbons (Fsp3) is 0.818. The van der Waals surface area contributed by atoms with Crippen LogP contribution in [0, 0.1) is 17.3 Å². The Bertz CT molecular complexity index is 554. The minimum absolute atomic E-state index is 0.153. The van der Waals surface area contributed by atoms with Crippen LogP contribution in [0.5, 0.6) is 0 Å². The maximum atomic E-state index is 13.5. The molecule has 0 aromatic carbocycles. The van der Waals surface area contributed by atoms with Crippen LogP contribution < -0.4 is 0 Å². The van der Waals surface area contributed by atoms with Crippen molar-refractivity contribution < 1.29 is 28.5 Å². The van der Waals surface area contributed by atoms with Gasteiger partial charge in [0.05, 0.1) is 11.3 Å². The topological polar surface area (TPSA) is 71.1 Å². The number of rotatable bonds is 15. The molecule has 0 aliphatic rings. The molecule has 0 unspecified atom stereocenters. The third-order valence-corrected chi connectivity index (χ3v) is 5.09. The average Bonchev–Trinajstić information content (AvgIpc) is 2.68. The van der Waals surface area contributed by atoms with Crippen LogP contribution in [0.3, 0.4) is 0 Å². The fourth-order valence-electron chi connectivity index (χ4n) is 3.16. The maximum Gasteiger partial charge on any atom is 0.508 e. The van der Waals surface area contributed by atoms with E-state index in [0.29, 0.717) is 19.6 Å². The molecule has 0 saturated carbocycles. The van der Waals surface area contributed by atoms with E-state index in [0.717, 1.165) is 12.8 Å². The molecule has 0 radical (unpaired) electrons. The van der Waals surface area contributed by atoms with E-state index in [4.69, 9.17) is 53.8 Å². The Morgan fingerprint density at radius 3 is 1.97 bits per heavy atom. The van der Waals surface area contributed by atoms with Crippen LogP contribution >= 0.6 is 34.8 Å². The summed E-state index contributed by atoms with van der Waals surface area (Å²) in [5.41, 5.74) is -0.971. The molecule has 0 aromatic rings. The zero-order valence-electron chi connectivity index (χ0n) is 19.4. The number of carbonyl (C=O) groups is 2. The first-order valence-corrected chi connectivity index (χ1v) is 11.7. The fourth-order valence-corrected chi connectivity index (χ4v) is 3.32. The summed E-state index contributed by atoms with van der Waals surface area (Å²) in [6, 6.07) is 0. The minimum Gasteiger partial charge on any atom is -0.430 e. The Kier molecular flexibility index (Phi) is 14.3. The molecule has 0 rings (SSSR count). The van der Waals surface area contributed by atoms with Crippen molar-refractivity contribution in [2.24, 2.45) is 17.3 Å². The van der Waals surface area contributed by atoms with E-state index >= 15 is 0 Å². The van der Waals surface area contributed by atoms with Crippen LogP contribution in [-0.4, -0.2) is 47.9 Å². The highest BCUT2D eigenvalue weighted by atomic mass is 35.6. The number of carbonyl (C=O) groups excluding carboxylic acids is 2. The van der Waals surface area contributed by atoms with Crippen molar-refractivity contribution in [1.29, 1.82) is 0 Å². The molecule has 0 spiro atoms. The van der Waals surface area contributed by atoms with Gasteiger partial charge < -0.3 is 18.9 Å². The van der Waals surface area contributed by atoms with Gasteiger partial charge in [0.25, 0.3) is 0 Å². The molecule has 0 aliphatic heterocycles. The Morgan fingerprint density at radius 1 is 1.03 bits per heavy atom. The van der Waals surface area contributed by atoms with Crippen molar-refractivity contribution >= 4 is 46.7 Å². The summed E-state index contributed by atoms with van der Waals surface area (Å²) in [7, 11) is 0. The van der Waals surface area contributed by atoms with Gasteiger partial charge in [0, 0.05) is 13.2 Å². The minimum atomic E-state index is -1.76. The van der Waals surface area contributed by atoms with Gasteiger partial charge >= 0.3 is 6.16 Å². The second kappa shape index (κ2) is 14.6. The molecule has 182 valence electrons. The lowest BCUT2D eigenvalue weighted by atomic mass is 9.76. The van der Waals surface area contributed by atoms with Crippen LogP contribution in [0.25, 0.3) is 0 Å². The summed E-state index contributed by atoms with van der Waals surface area (Å²) in [5.74, 6) is -1.01. The molecule has 0 heterocycles. The molecule has 9 heteroatoms. The number of Topliss-reactive ketones (excluding diaryl/α,β-unsaturated/α-hetero) is 1. The first kappa shape index (κ1) is 30.5. The molecule has 0 fully saturated rings. The molecule has 0 aliphatic carbocycles. The van der Waals surface area contributed by atoms with Gasteiger partial charge in [0.1, 0.15) is 18.5 Å². The number of ketones is 1. The van der Waals surface area contributed by atoms with E-state index in [9.17, 15) is 9.59 Å². The average molecular weight is 504 g/mol. The van der Waals surface area contributed by atoms with Gasteiger partial charge in [-0.2, -0.15) is 0 Å². The largest absolute Gasteiger partial charge is 0.508 e. The highest BCUT2D eigenvalue weighted by molar-refractivity contribution is 6.67. The van der Waals surface area contributed by atoms with Gasteiger partial charge in [-0.15, -0.1) is 6.58 Å².